The first-order valence-corrected chi connectivity index (χ1v) is 7.49. The van der Waals surface area contributed by atoms with E-state index in [1.807, 2.05) is 12.1 Å². The summed E-state index contributed by atoms with van der Waals surface area (Å²) in [6.45, 7) is 2.32. The van der Waals surface area contributed by atoms with Crippen LogP contribution in [0.25, 0.3) is 0 Å². The molecule has 0 saturated carbocycles. The Bertz CT molecular complexity index is 563. The van der Waals surface area contributed by atoms with Gasteiger partial charge in [0.2, 0.25) is 0 Å². The van der Waals surface area contributed by atoms with Gasteiger partial charge in [-0.1, -0.05) is 24.3 Å². The number of carbonyl (C=O) groups is 1. The number of rotatable bonds is 5. The molecule has 0 radical (unpaired) electrons. The van der Waals surface area contributed by atoms with Crippen molar-refractivity contribution >= 4 is 17.7 Å². The topological polar surface area (TPSA) is 42.2 Å². The Morgan fingerprint density at radius 2 is 2.11 bits per heavy atom. The van der Waals surface area contributed by atoms with Crippen molar-refractivity contribution in [2.24, 2.45) is 0 Å². The molecule has 0 aliphatic rings. The predicted octanol–water partition coefficient (Wildman–Crippen LogP) is 3.38. The maximum absolute atomic E-state index is 11.9. The first-order valence-electron chi connectivity index (χ1n) is 6.09. The number of carbonyl (C=O) groups excluding carboxylic acids is 1. The van der Waals surface area contributed by atoms with E-state index in [1.54, 1.807) is 24.8 Å². The Balaban J connectivity index is 1.97. The second-order valence-corrected chi connectivity index (χ2v) is 5.19. The van der Waals surface area contributed by atoms with Gasteiger partial charge < -0.3 is 9.73 Å². The minimum Gasteiger partial charge on any atom is -0.469 e. The molecule has 3 nitrogen and oxygen atoms in total. The Kier molecular flexibility index (Phi) is 4.68. The third kappa shape index (κ3) is 3.64. The molecule has 2 rings (SSSR count). The summed E-state index contributed by atoms with van der Waals surface area (Å²) in [6, 6.07) is 9.96. The molecule has 0 spiro atoms. The van der Waals surface area contributed by atoms with Crippen LogP contribution in [-0.2, 0) is 12.3 Å². The predicted molar refractivity (Wildman–Crippen MR) is 78.3 cm³/mol. The number of hydrogen-bond donors (Lipinski definition) is 1. The van der Waals surface area contributed by atoms with E-state index in [9.17, 15) is 4.79 Å². The number of nitrogens with one attached hydrogen (secondary N) is 1. The van der Waals surface area contributed by atoms with Crippen molar-refractivity contribution in [3.8, 4) is 0 Å². The molecule has 1 heterocycles. The zero-order valence-electron chi connectivity index (χ0n) is 11.1. The highest BCUT2D eigenvalue weighted by Crippen LogP contribution is 2.12. The van der Waals surface area contributed by atoms with Gasteiger partial charge in [0, 0.05) is 12.3 Å². The number of amides is 1. The van der Waals surface area contributed by atoms with Crippen molar-refractivity contribution in [3.05, 3.63) is 59.0 Å². The van der Waals surface area contributed by atoms with Gasteiger partial charge in [-0.25, -0.2) is 0 Å². The number of thioether (sulfide) groups is 1. The zero-order valence-corrected chi connectivity index (χ0v) is 11.9. The van der Waals surface area contributed by atoms with Crippen molar-refractivity contribution in [2.45, 2.75) is 19.2 Å². The van der Waals surface area contributed by atoms with E-state index in [0.29, 0.717) is 17.9 Å². The maximum Gasteiger partial charge on any atom is 0.255 e. The molecule has 0 unspecified atom stereocenters. The molecule has 4 heteroatoms. The van der Waals surface area contributed by atoms with Crippen molar-refractivity contribution in [2.75, 3.05) is 6.26 Å². The summed E-state index contributed by atoms with van der Waals surface area (Å²) >= 11 is 1.79. The fraction of sp³-hybridized carbons (Fsp3) is 0.267. The Morgan fingerprint density at radius 3 is 2.79 bits per heavy atom. The largest absolute Gasteiger partial charge is 0.469 e. The van der Waals surface area contributed by atoms with E-state index in [0.717, 1.165) is 11.3 Å². The summed E-state index contributed by atoms with van der Waals surface area (Å²) in [5.74, 6) is 1.54. The van der Waals surface area contributed by atoms with Crippen molar-refractivity contribution in [1.82, 2.24) is 5.32 Å². The van der Waals surface area contributed by atoms with Crippen LogP contribution in [-0.4, -0.2) is 12.2 Å². The van der Waals surface area contributed by atoms with Crippen molar-refractivity contribution < 1.29 is 9.21 Å². The molecule has 1 N–H and O–H groups in total. The Hall–Kier alpha value is -1.68. The number of hydrogen-bond acceptors (Lipinski definition) is 3. The van der Waals surface area contributed by atoms with Gasteiger partial charge in [-0.15, -0.1) is 0 Å². The van der Waals surface area contributed by atoms with E-state index in [4.69, 9.17) is 4.42 Å². The lowest BCUT2D eigenvalue weighted by Gasteiger charge is -2.06. The molecule has 1 aromatic heterocycles. The normalized spacial score (nSPS) is 10.4. The number of benzene rings is 1. The summed E-state index contributed by atoms with van der Waals surface area (Å²) in [7, 11) is 0. The minimum atomic E-state index is -0.0958. The van der Waals surface area contributed by atoms with E-state index in [-0.39, 0.29) is 5.91 Å². The second-order valence-electron chi connectivity index (χ2n) is 4.33. The van der Waals surface area contributed by atoms with E-state index in [1.165, 1.54) is 11.8 Å². The van der Waals surface area contributed by atoms with Crippen LogP contribution in [0.15, 0.2) is 41.0 Å². The second kappa shape index (κ2) is 6.48. The molecule has 0 bridgehead atoms. The first-order chi connectivity index (χ1) is 9.20. The fourth-order valence-corrected chi connectivity index (χ4v) is 2.41. The highest BCUT2D eigenvalue weighted by atomic mass is 32.2. The van der Waals surface area contributed by atoms with Gasteiger partial charge >= 0.3 is 0 Å². The molecule has 2 aromatic rings. The molecule has 1 amide bonds. The quantitative estimate of drug-likeness (QED) is 0.909. The average molecular weight is 275 g/mol. The van der Waals surface area contributed by atoms with Gasteiger partial charge in [-0.2, -0.15) is 11.8 Å². The lowest BCUT2D eigenvalue weighted by atomic mass is 10.1. The van der Waals surface area contributed by atoms with Gasteiger partial charge in [0.05, 0.1) is 11.8 Å². The molecule has 0 aliphatic heterocycles. The van der Waals surface area contributed by atoms with E-state index >= 15 is 0 Å². The van der Waals surface area contributed by atoms with E-state index in [2.05, 4.69) is 23.7 Å². The van der Waals surface area contributed by atoms with Crippen LogP contribution < -0.4 is 5.32 Å². The summed E-state index contributed by atoms with van der Waals surface area (Å²) in [5, 5.41) is 2.91. The third-order valence-electron chi connectivity index (χ3n) is 2.86. The molecular formula is C15H17NO2S. The highest BCUT2D eigenvalue weighted by Gasteiger charge is 2.10. The van der Waals surface area contributed by atoms with Gasteiger partial charge in [0.25, 0.3) is 5.91 Å². The SMILES string of the molecule is CSCc1cccc(CNC(=O)c2ccoc2C)c1. The molecule has 100 valence electrons. The van der Waals surface area contributed by atoms with Crippen LogP contribution >= 0.6 is 11.8 Å². The fourth-order valence-electron chi connectivity index (χ4n) is 1.89. The van der Waals surface area contributed by atoms with Crippen LogP contribution in [0, 0.1) is 6.92 Å². The zero-order chi connectivity index (χ0) is 13.7. The molecule has 0 atom stereocenters. The lowest BCUT2D eigenvalue weighted by molar-refractivity contribution is 0.0949. The average Bonchev–Trinajstić information content (AvgIpc) is 2.83. The van der Waals surface area contributed by atoms with Gasteiger partial charge in [-0.3, -0.25) is 4.79 Å². The molecule has 19 heavy (non-hydrogen) atoms. The maximum atomic E-state index is 11.9. The third-order valence-corrected chi connectivity index (χ3v) is 3.48. The summed E-state index contributed by atoms with van der Waals surface area (Å²) < 4.78 is 5.13. The summed E-state index contributed by atoms with van der Waals surface area (Å²) in [6.07, 6.45) is 3.61. The Labute approximate surface area is 117 Å². The van der Waals surface area contributed by atoms with Gasteiger partial charge in [0.15, 0.2) is 0 Å². The molecule has 0 saturated heterocycles. The standard InChI is InChI=1S/C15H17NO2S/c1-11-14(6-7-18-11)15(17)16-9-12-4-3-5-13(8-12)10-19-2/h3-8H,9-10H2,1-2H3,(H,16,17). The molecular weight excluding hydrogens is 258 g/mol. The smallest absolute Gasteiger partial charge is 0.255 e. The van der Waals surface area contributed by atoms with Gasteiger partial charge in [0.1, 0.15) is 5.76 Å². The highest BCUT2D eigenvalue weighted by molar-refractivity contribution is 7.97. The first kappa shape index (κ1) is 13.7. The summed E-state index contributed by atoms with van der Waals surface area (Å²) in [5.41, 5.74) is 2.99. The van der Waals surface area contributed by atoms with Crippen LogP contribution in [0.3, 0.4) is 0 Å². The van der Waals surface area contributed by atoms with E-state index < -0.39 is 0 Å². The monoisotopic (exact) mass is 275 g/mol. The lowest BCUT2D eigenvalue weighted by Crippen LogP contribution is -2.22. The van der Waals surface area contributed by atoms with Crippen LogP contribution in [0.5, 0.6) is 0 Å². The van der Waals surface area contributed by atoms with Gasteiger partial charge in [-0.05, 0) is 30.4 Å². The van der Waals surface area contributed by atoms with Crippen LogP contribution in [0.1, 0.15) is 27.2 Å². The van der Waals surface area contributed by atoms with Crippen molar-refractivity contribution in [3.63, 3.8) is 0 Å². The van der Waals surface area contributed by atoms with Crippen molar-refractivity contribution in [1.29, 1.82) is 0 Å². The minimum absolute atomic E-state index is 0.0958. The summed E-state index contributed by atoms with van der Waals surface area (Å²) in [4.78, 5) is 11.9. The molecule has 0 fully saturated rings. The number of aryl methyl sites for hydroxylation is 1. The molecule has 1 aromatic carbocycles. The Morgan fingerprint density at radius 1 is 1.32 bits per heavy atom. The van der Waals surface area contributed by atoms with Crippen LogP contribution in [0.4, 0.5) is 0 Å². The van der Waals surface area contributed by atoms with Crippen LogP contribution in [0.2, 0.25) is 0 Å². The molecule has 0 aliphatic carbocycles. The number of furan rings is 1.